The van der Waals surface area contributed by atoms with Crippen LogP contribution in [0.4, 0.5) is 5.13 Å². The number of thiazole rings is 1. The molecule has 1 N–H and O–H groups in total. The lowest BCUT2D eigenvalue weighted by molar-refractivity contribution is 0.0735. The number of hydrogen-bond acceptors (Lipinski definition) is 5. The smallest absolute Gasteiger partial charge is 0.260 e. The van der Waals surface area contributed by atoms with Crippen molar-refractivity contribution in [3.8, 4) is 0 Å². The van der Waals surface area contributed by atoms with Gasteiger partial charge in [-0.05, 0) is 34.1 Å². The summed E-state index contributed by atoms with van der Waals surface area (Å²) >= 11 is 4.84. The van der Waals surface area contributed by atoms with Gasteiger partial charge in [0.25, 0.3) is 11.8 Å². The predicted molar refractivity (Wildman–Crippen MR) is 101 cm³/mol. The maximum Gasteiger partial charge on any atom is 0.260 e. The number of rotatable bonds is 3. The van der Waals surface area contributed by atoms with Crippen LogP contribution in [-0.2, 0) is 13.0 Å². The fourth-order valence-corrected chi connectivity index (χ4v) is 4.26. The third-order valence-electron chi connectivity index (χ3n) is 4.13. The highest BCUT2D eigenvalue weighted by atomic mass is 79.9. The molecule has 0 spiro atoms. The van der Waals surface area contributed by atoms with Crippen molar-refractivity contribution >= 4 is 44.2 Å². The van der Waals surface area contributed by atoms with Crippen LogP contribution in [-0.4, -0.2) is 28.2 Å². The summed E-state index contributed by atoms with van der Waals surface area (Å²) in [4.78, 5) is 32.2. The lowest BCUT2D eigenvalue weighted by atomic mass is 10.1. The van der Waals surface area contributed by atoms with Crippen LogP contribution in [0.5, 0.6) is 0 Å². The average Bonchev–Trinajstić information content (AvgIpc) is 3.30. The van der Waals surface area contributed by atoms with Gasteiger partial charge in [0, 0.05) is 22.3 Å². The number of carbonyl (C=O) groups is 2. The quantitative estimate of drug-likeness (QED) is 0.680. The number of furan rings is 1. The van der Waals surface area contributed by atoms with E-state index in [0.29, 0.717) is 35.8 Å². The van der Waals surface area contributed by atoms with E-state index in [1.807, 2.05) is 29.2 Å². The number of nitrogens with zero attached hydrogens (tertiary/aromatic N) is 2. The third-order valence-corrected chi connectivity index (χ3v) is 5.82. The molecule has 0 radical (unpaired) electrons. The first-order valence-electron chi connectivity index (χ1n) is 7.98. The van der Waals surface area contributed by atoms with Crippen LogP contribution >= 0.6 is 27.3 Å². The molecule has 2 aromatic heterocycles. The Labute approximate surface area is 162 Å². The van der Waals surface area contributed by atoms with Crippen molar-refractivity contribution in [1.29, 1.82) is 0 Å². The van der Waals surface area contributed by atoms with E-state index in [4.69, 9.17) is 4.42 Å². The van der Waals surface area contributed by atoms with Crippen LogP contribution in [0.25, 0.3) is 0 Å². The number of hydrogen-bond donors (Lipinski definition) is 1. The predicted octanol–water partition coefficient (Wildman–Crippen LogP) is 3.95. The van der Waals surface area contributed by atoms with Crippen LogP contribution in [0.1, 0.15) is 31.3 Å². The molecule has 3 aromatic rings. The second-order valence-electron chi connectivity index (χ2n) is 5.81. The summed E-state index contributed by atoms with van der Waals surface area (Å²) in [7, 11) is 0. The number of halogens is 1. The number of benzene rings is 1. The van der Waals surface area contributed by atoms with E-state index in [0.717, 1.165) is 15.0 Å². The van der Waals surface area contributed by atoms with Crippen molar-refractivity contribution in [2.75, 3.05) is 11.9 Å². The normalized spacial score (nSPS) is 13.3. The summed E-state index contributed by atoms with van der Waals surface area (Å²) < 4.78 is 5.71. The molecule has 0 fully saturated rings. The summed E-state index contributed by atoms with van der Waals surface area (Å²) in [5, 5.41) is 3.32. The zero-order chi connectivity index (χ0) is 18.1. The first-order chi connectivity index (χ1) is 12.6. The lowest BCUT2D eigenvalue weighted by Crippen LogP contribution is -2.35. The largest absolute Gasteiger partial charge is 0.472 e. The number of carbonyl (C=O) groups excluding carboxylic acids is 2. The topological polar surface area (TPSA) is 75.4 Å². The molecule has 4 rings (SSSR count). The number of amides is 2. The maximum atomic E-state index is 12.8. The molecule has 132 valence electrons. The van der Waals surface area contributed by atoms with Gasteiger partial charge in [0.1, 0.15) is 6.26 Å². The Morgan fingerprint density at radius 2 is 2.12 bits per heavy atom. The van der Waals surface area contributed by atoms with Crippen molar-refractivity contribution < 1.29 is 14.0 Å². The van der Waals surface area contributed by atoms with Crippen LogP contribution in [0.3, 0.4) is 0 Å². The van der Waals surface area contributed by atoms with E-state index in [2.05, 4.69) is 26.2 Å². The fraction of sp³-hybridized carbons (Fsp3) is 0.167. The molecular weight excluding hydrogens is 418 g/mol. The molecule has 0 unspecified atom stereocenters. The molecule has 1 aliphatic rings. The van der Waals surface area contributed by atoms with E-state index in [1.54, 1.807) is 6.07 Å². The Balaban J connectivity index is 1.49. The molecular formula is C18H14BrN3O3S. The second kappa shape index (κ2) is 7.05. The van der Waals surface area contributed by atoms with E-state index in [1.165, 1.54) is 23.9 Å². The Morgan fingerprint density at radius 1 is 1.27 bits per heavy atom. The summed E-state index contributed by atoms with van der Waals surface area (Å²) in [5.74, 6) is -0.272. The number of nitrogens with one attached hydrogen (secondary N) is 1. The highest BCUT2D eigenvalue weighted by Crippen LogP contribution is 2.30. The first kappa shape index (κ1) is 17.0. The summed E-state index contributed by atoms with van der Waals surface area (Å²) in [6, 6.07) is 9.00. The van der Waals surface area contributed by atoms with E-state index in [9.17, 15) is 9.59 Å². The molecule has 1 aromatic carbocycles. The minimum absolute atomic E-state index is 0.0134. The monoisotopic (exact) mass is 431 g/mol. The summed E-state index contributed by atoms with van der Waals surface area (Å²) in [5.41, 5.74) is 2.03. The molecule has 1 aliphatic heterocycles. The molecule has 0 saturated heterocycles. The van der Waals surface area contributed by atoms with Crippen molar-refractivity contribution in [3.05, 3.63) is 69.0 Å². The highest BCUT2D eigenvalue weighted by molar-refractivity contribution is 9.10. The van der Waals surface area contributed by atoms with Crippen LogP contribution < -0.4 is 5.32 Å². The minimum Gasteiger partial charge on any atom is -0.472 e. The number of aromatic nitrogens is 1. The van der Waals surface area contributed by atoms with Gasteiger partial charge in [0.2, 0.25) is 0 Å². The Bertz CT molecular complexity index is 968. The van der Waals surface area contributed by atoms with E-state index < -0.39 is 0 Å². The zero-order valence-electron chi connectivity index (χ0n) is 13.6. The average molecular weight is 432 g/mol. The Morgan fingerprint density at radius 3 is 2.88 bits per heavy atom. The molecule has 2 amide bonds. The van der Waals surface area contributed by atoms with E-state index >= 15 is 0 Å². The zero-order valence-corrected chi connectivity index (χ0v) is 16.0. The summed E-state index contributed by atoms with van der Waals surface area (Å²) in [6.07, 6.45) is 3.51. The standard InChI is InChI=1S/C18H14BrN3O3S/c19-13-4-2-1-3-12(13)17(24)22-7-5-14-15(9-22)26-18(20-14)21-16(23)11-6-8-25-10-11/h1-4,6,8,10H,5,7,9H2,(H,20,21,23). The van der Waals surface area contributed by atoms with Crippen molar-refractivity contribution in [3.63, 3.8) is 0 Å². The van der Waals surface area contributed by atoms with Gasteiger partial charge in [-0.3, -0.25) is 14.9 Å². The highest BCUT2D eigenvalue weighted by Gasteiger charge is 2.26. The van der Waals surface area contributed by atoms with Gasteiger partial charge in [-0.2, -0.15) is 0 Å². The SMILES string of the molecule is O=C(Nc1nc2c(s1)CN(C(=O)c1ccccc1Br)CC2)c1ccoc1. The maximum absolute atomic E-state index is 12.8. The molecule has 0 atom stereocenters. The van der Waals surface area contributed by atoms with Crippen LogP contribution in [0, 0.1) is 0 Å². The number of anilines is 1. The molecule has 8 heteroatoms. The second-order valence-corrected chi connectivity index (χ2v) is 7.75. The van der Waals surface area contributed by atoms with Gasteiger partial charge in [-0.15, -0.1) is 0 Å². The summed E-state index contributed by atoms with van der Waals surface area (Å²) in [6.45, 7) is 1.10. The van der Waals surface area contributed by atoms with Gasteiger partial charge in [-0.25, -0.2) is 4.98 Å². The first-order valence-corrected chi connectivity index (χ1v) is 9.58. The van der Waals surface area contributed by atoms with Gasteiger partial charge in [0.15, 0.2) is 5.13 Å². The van der Waals surface area contributed by atoms with Crippen molar-refractivity contribution in [1.82, 2.24) is 9.88 Å². The Kier molecular flexibility index (Phi) is 4.60. The van der Waals surface area contributed by atoms with E-state index in [-0.39, 0.29) is 11.8 Å². The van der Waals surface area contributed by atoms with Crippen LogP contribution in [0.15, 0.2) is 51.7 Å². The molecule has 3 heterocycles. The lowest BCUT2D eigenvalue weighted by Gasteiger charge is -2.26. The van der Waals surface area contributed by atoms with Gasteiger partial charge in [0.05, 0.1) is 29.6 Å². The van der Waals surface area contributed by atoms with Gasteiger partial charge >= 0.3 is 0 Å². The molecule has 0 saturated carbocycles. The molecule has 26 heavy (non-hydrogen) atoms. The fourth-order valence-electron chi connectivity index (χ4n) is 2.79. The van der Waals surface area contributed by atoms with Crippen molar-refractivity contribution in [2.24, 2.45) is 0 Å². The third kappa shape index (κ3) is 3.30. The molecule has 6 nitrogen and oxygen atoms in total. The van der Waals surface area contributed by atoms with Gasteiger partial charge < -0.3 is 9.32 Å². The Hall–Kier alpha value is -2.45. The molecule has 0 aliphatic carbocycles. The number of fused-ring (bicyclic) bond motifs is 1. The van der Waals surface area contributed by atoms with Crippen LogP contribution in [0.2, 0.25) is 0 Å². The minimum atomic E-state index is -0.258. The van der Waals surface area contributed by atoms with Crippen molar-refractivity contribution in [2.45, 2.75) is 13.0 Å². The van der Waals surface area contributed by atoms with Gasteiger partial charge in [-0.1, -0.05) is 23.5 Å². The molecule has 0 bridgehead atoms.